The first-order chi connectivity index (χ1) is 13.9. The molecule has 1 aliphatic rings. The number of fused-ring (bicyclic) bond motifs is 2. The Morgan fingerprint density at radius 2 is 1.34 bits per heavy atom. The van der Waals surface area contributed by atoms with Gasteiger partial charge in [-0.05, 0) is 18.6 Å². The number of hydrogen-bond acceptors (Lipinski definition) is 8. The number of carbonyl (C=O) groups excluding carboxylic acids is 3. The van der Waals surface area contributed by atoms with E-state index in [1.165, 1.54) is 47.7 Å². The van der Waals surface area contributed by atoms with Crippen LogP contribution in [0, 0.1) is 6.92 Å². The molecule has 0 aromatic heterocycles. The molecule has 0 heterocycles. The molecule has 29 heavy (non-hydrogen) atoms. The minimum atomic E-state index is -0.674. The number of ketones is 2. The molecular formula is C21H20O8. The summed E-state index contributed by atoms with van der Waals surface area (Å²) in [4.78, 5) is 39.2. The molecule has 0 atom stereocenters. The summed E-state index contributed by atoms with van der Waals surface area (Å²) in [6, 6.07) is 2.84. The molecule has 1 aliphatic carbocycles. The monoisotopic (exact) mass is 400 g/mol. The average Bonchev–Trinajstić information content (AvgIpc) is 2.74. The molecule has 0 spiro atoms. The van der Waals surface area contributed by atoms with Gasteiger partial charge < -0.3 is 23.7 Å². The van der Waals surface area contributed by atoms with E-state index >= 15 is 0 Å². The van der Waals surface area contributed by atoms with Gasteiger partial charge in [0.25, 0.3) is 0 Å². The lowest BCUT2D eigenvalue weighted by atomic mass is 9.79. The van der Waals surface area contributed by atoms with E-state index in [4.69, 9.17) is 23.7 Å². The smallest absolute Gasteiger partial charge is 0.341 e. The third-order valence-electron chi connectivity index (χ3n) is 4.93. The van der Waals surface area contributed by atoms with Crippen molar-refractivity contribution in [1.82, 2.24) is 0 Å². The van der Waals surface area contributed by atoms with E-state index in [1.807, 2.05) is 0 Å². The summed E-state index contributed by atoms with van der Waals surface area (Å²) >= 11 is 0. The number of ether oxygens (including phenoxy) is 5. The molecule has 0 fully saturated rings. The number of hydrogen-bond donors (Lipinski definition) is 0. The Bertz CT molecular complexity index is 1050. The third-order valence-corrected chi connectivity index (χ3v) is 4.93. The summed E-state index contributed by atoms with van der Waals surface area (Å²) in [7, 11) is 6.77. The molecule has 0 aliphatic heterocycles. The fourth-order valence-electron chi connectivity index (χ4n) is 3.61. The van der Waals surface area contributed by atoms with Crippen molar-refractivity contribution in [2.75, 3.05) is 35.5 Å². The van der Waals surface area contributed by atoms with Gasteiger partial charge in [-0.3, -0.25) is 9.59 Å². The highest BCUT2D eigenvalue weighted by Gasteiger charge is 2.40. The van der Waals surface area contributed by atoms with Gasteiger partial charge in [-0.2, -0.15) is 0 Å². The maximum Gasteiger partial charge on any atom is 0.341 e. The Morgan fingerprint density at radius 3 is 1.86 bits per heavy atom. The highest BCUT2D eigenvalue weighted by atomic mass is 16.5. The van der Waals surface area contributed by atoms with Gasteiger partial charge >= 0.3 is 5.97 Å². The van der Waals surface area contributed by atoms with E-state index in [1.54, 1.807) is 6.92 Å². The van der Waals surface area contributed by atoms with Crippen LogP contribution in [0.5, 0.6) is 23.0 Å². The van der Waals surface area contributed by atoms with Crippen molar-refractivity contribution in [3.05, 3.63) is 45.5 Å². The van der Waals surface area contributed by atoms with Crippen LogP contribution in [-0.4, -0.2) is 53.1 Å². The van der Waals surface area contributed by atoms with Gasteiger partial charge in [0, 0.05) is 17.2 Å². The Balaban J connectivity index is 2.43. The maximum absolute atomic E-state index is 13.5. The summed E-state index contributed by atoms with van der Waals surface area (Å²) in [5, 5.41) is 0. The van der Waals surface area contributed by atoms with E-state index in [0.717, 1.165) is 0 Å². The SMILES string of the molecule is COC(=O)c1c(OC)cc2c(c1C)C(=O)c1c(OC)cc(OC)c(OC)c1C2=O. The van der Waals surface area contributed by atoms with Crippen LogP contribution in [0.25, 0.3) is 0 Å². The molecular weight excluding hydrogens is 380 g/mol. The molecule has 0 bridgehead atoms. The second-order valence-electron chi connectivity index (χ2n) is 6.22. The molecule has 0 amide bonds. The topological polar surface area (TPSA) is 97.4 Å². The molecule has 0 unspecified atom stereocenters. The van der Waals surface area contributed by atoms with Gasteiger partial charge in [-0.25, -0.2) is 4.79 Å². The van der Waals surface area contributed by atoms with Crippen molar-refractivity contribution in [3.63, 3.8) is 0 Å². The molecule has 8 nitrogen and oxygen atoms in total. The fraction of sp³-hybridized carbons (Fsp3) is 0.286. The predicted octanol–water partition coefficient (Wildman–Crippen LogP) is 2.59. The number of benzene rings is 2. The average molecular weight is 400 g/mol. The zero-order valence-corrected chi connectivity index (χ0v) is 16.9. The van der Waals surface area contributed by atoms with E-state index in [0.29, 0.717) is 0 Å². The van der Waals surface area contributed by atoms with Gasteiger partial charge in [0.05, 0.1) is 46.7 Å². The summed E-state index contributed by atoms with van der Waals surface area (Å²) < 4.78 is 26.1. The van der Waals surface area contributed by atoms with Crippen LogP contribution in [0.4, 0.5) is 0 Å². The lowest BCUT2D eigenvalue weighted by Gasteiger charge is -2.25. The van der Waals surface area contributed by atoms with Crippen LogP contribution >= 0.6 is 0 Å². The first-order valence-electron chi connectivity index (χ1n) is 8.58. The molecule has 0 saturated carbocycles. The van der Waals surface area contributed by atoms with Crippen LogP contribution in [-0.2, 0) is 4.74 Å². The predicted molar refractivity (Wildman–Crippen MR) is 102 cm³/mol. The number of esters is 1. The highest BCUT2D eigenvalue weighted by molar-refractivity contribution is 6.31. The third kappa shape index (κ3) is 2.79. The second-order valence-corrected chi connectivity index (χ2v) is 6.22. The van der Waals surface area contributed by atoms with Crippen LogP contribution < -0.4 is 18.9 Å². The van der Waals surface area contributed by atoms with Gasteiger partial charge in [-0.15, -0.1) is 0 Å². The first kappa shape index (κ1) is 20.2. The summed E-state index contributed by atoms with van der Waals surface area (Å²) in [6.45, 7) is 1.57. The summed E-state index contributed by atoms with van der Waals surface area (Å²) in [6.07, 6.45) is 0. The lowest BCUT2D eigenvalue weighted by Crippen LogP contribution is -2.25. The maximum atomic E-state index is 13.5. The van der Waals surface area contributed by atoms with Crippen molar-refractivity contribution < 1.29 is 38.1 Å². The first-order valence-corrected chi connectivity index (χ1v) is 8.58. The van der Waals surface area contributed by atoms with Crippen molar-refractivity contribution in [1.29, 1.82) is 0 Å². The fourth-order valence-corrected chi connectivity index (χ4v) is 3.61. The van der Waals surface area contributed by atoms with E-state index < -0.39 is 17.5 Å². The standard InChI is InChI=1S/C21H20O8/c1-9-14-10(7-11(25-2)15(9)21(24)29-6)18(22)17-16(19(14)23)12(26-3)8-13(27-4)20(17)28-5/h7-8H,1-6H3. The lowest BCUT2D eigenvalue weighted by molar-refractivity contribution is 0.0595. The molecule has 0 N–H and O–H groups in total. The quantitative estimate of drug-likeness (QED) is 0.603. The van der Waals surface area contributed by atoms with Crippen molar-refractivity contribution >= 4 is 17.5 Å². The van der Waals surface area contributed by atoms with Gasteiger partial charge in [0.15, 0.2) is 23.1 Å². The van der Waals surface area contributed by atoms with E-state index in [2.05, 4.69) is 0 Å². The molecule has 152 valence electrons. The Hall–Kier alpha value is -3.55. The van der Waals surface area contributed by atoms with Gasteiger partial charge in [0.1, 0.15) is 17.1 Å². The van der Waals surface area contributed by atoms with Crippen molar-refractivity contribution in [2.24, 2.45) is 0 Å². The van der Waals surface area contributed by atoms with Crippen LogP contribution in [0.3, 0.4) is 0 Å². The number of carbonyl (C=O) groups is 3. The van der Waals surface area contributed by atoms with Crippen LogP contribution in [0.15, 0.2) is 12.1 Å². The minimum Gasteiger partial charge on any atom is -0.496 e. The number of methoxy groups -OCH3 is 5. The van der Waals surface area contributed by atoms with E-state index in [-0.39, 0.29) is 56.4 Å². The molecule has 2 aromatic carbocycles. The zero-order chi connectivity index (χ0) is 21.5. The minimum absolute atomic E-state index is 0.0356. The molecule has 0 saturated heterocycles. The molecule has 3 rings (SSSR count). The van der Waals surface area contributed by atoms with E-state index in [9.17, 15) is 14.4 Å². The van der Waals surface area contributed by atoms with Gasteiger partial charge in [-0.1, -0.05) is 0 Å². The largest absolute Gasteiger partial charge is 0.496 e. The zero-order valence-electron chi connectivity index (χ0n) is 16.9. The Labute approximate surface area is 167 Å². The summed E-state index contributed by atoms with van der Waals surface area (Å²) in [5.74, 6) is -0.946. The van der Waals surface area contributed by atoms with Crippen molar-refractivity contribution in [3.8, 4) is 23.0 Å². The molecule has 2 aromatic rings. The molecule has 8 heteroatoms. The van der Waals surface area contributed by atoms with Crippen LogP contribution in [0.1, 0.15) is 47.8 Å². The Kier molecular flexibility index (Phi) is 5.19. The summed E-state index contributed by atoms with van der Waals surface area (Å²) in [5.41, 5.74) is 0.636. The van der Waals surface area contributed by atoms with Gasteiger partial charge in [0.2, 0.25) is 0 Å². The normalized spacial score (nSPS) is 12.1. The second kappa shape index (κ2) is 7.46. The van der Waals surface area contributed by atoms with Crippen molar-refractivity contribution in [2.45, 2.75) is 6.92 Å². The highest BCUT2D eigenvalue weighted by Crippen LogP contribution is 2.46. The van der Waals surface area contributed by atoms with Crippen LogP contribution in [0.2, 0.25) is 0 Å². The Morgan fingerprint density at radius 1 is 0.724 bits per heavy atom. The molecule has 0 radical (unpaired) electrons. The number of rotatable bonds is 5.